The molecule has 2 radical (unpaired) electrons. The molecule has 5 heteroatoms. The minimum absolute atomic E-state index is 0.194. The van der Waals surface area contributed by atoms with Crippen LogP contribution in [0.4, 0.5) is 10.1 Å². The molecule has 1 aromatic rings. The number of hydrogen-bond donors (Lipinski definition) is 0. The number of anilines is 1. The standard InChI is InChI=1S/C11H12BFINO/c12-7-8-5-9(6-10(14)11(8)13)15-1-3-16-4-2-15/h5-6H,1-4,7H2. The molecule has 0 atom stereocenters. The Bertz CT molecular complexity index is 382. The molecule has 0 N–H and O–H groups in total. The molecule has 1 aromatic carbocycles. The van der Waals surface area contributed by atoms with Crippen molar-refractivity contribution in [3.8, 4) is 0 Å². The first-order chi connectivity index (χ1) is 7.72. The fourth-order valence-corrected chi connectivity index (χ4v) is 2.45. The largest absolute Gasteiger partial charge is 0.378 e. The van der Waals surface area contributed by atoms with Crippen molar-refractivity contribution in [2.75, 3.05) is 31.2 Å². The first-order valence-corrected chi connectivity index (χ1v) is 6.31. The Labute approximate surface area is 110 Å². The van der Waals surface area contributed by atoms with Crippen LogP contribution in [0.1, 0.15) is 5.56 Å². The van der Waals surface area contributed by atoms with Crippen LogP contribution in [0.3, 0.4) is 0 Å². The zero-order valence-corrected chi connectivity index (χ0v) is 11.0. The molecule has 0 unspecified atom stereocenters. The zero-order valence-electron chi connectivity index (χ0n) is 8.88. The molecule has 1 aliphatic rings. The average Bonchev–Trinajstić information content (AvgIpc) is 2.33. The summed E-state index contributed by atoms with van der Waals surface area (Å²) in [5, 5.41) is 0. The highest BCUT2D eigenvalue weighted by Crippen LogP contribution is 2.24. The summed E-state index contributed by atoms with van der Waals surface area (Å²) in [4.78, 5) is 2.20. The molecule has 0 amide bonds. The van der Waals surface area contributed by atoms with Gasteiger partial charge in [-0.3, -0.25) is 0 Å². The molecule has 1 aliphatic heterocycles. The van der Waals surface area contributed by atoms with Crippen LogP contribution in [0, 0.1) is 9.39 Å². The molecule has 1 fully saturated rings. The van der Waals surface area contributed by atoms with Crippen LogP contribution in [0.25, 0.3) is 0 Å². The molecule has 1 saturated heterocycles. The predicted molar refractivity (Wildman–Crippen MR) is 71.6 cm³/mol. The SMILES string of the molecule is [B]Cc1cc(N2CCOCC2)cc(I)c1F. The van der Waals surface area contributed by atoms with Crippen molar-refractivity contribution in [1.82, 2.24) is 0 Å². The highest BCUT2D eigenvalue weighted by Gasteiger charge is 2.14. The van der Waals surface area contributed by atoms with E-state index in [1.807, 2.05) is 34.7 Å². The number of ether oxygens (including phenoxy) is 1. The third-order valence-electron chi connectivity index (χ3n) is 2.68. The second kappa shape index (κ2) is 5.36. The van der Waals surface area contributed by atoms with E-state index in [4.69, 9.17) is 12.6 Å². The molecule has 84 valence electrons. The maximum atomic E-state index is 13.6. The quantitative estimate of drug-likeness (QED) is 0.607. The van der Waals surface area contributed by atoms with Crippen LogP contribution in [0.2, 0.25) is 0 Å². The summed E-state index contributed by atoms with van der Waals surface area (Å²) in [6.07, 6.45) is 0.236. The second-order valence-electron chi connectivity index (χ2n) is 3.70. The van der Waals surface area contributed by atoms with Crippen molar-refractivity contribution >= 4 is 36.1 Å². The Morgan fingerprint density at radius 3 is 2.69 bits per heavy atom. The van der Waals surface area contributed by atoms with Crippen molar-refractivity contribution in [1.29, 1.82) is 0 Å². The minimum Gasteiger partial charge on any atom is -0.378 e. The van der Waals surface area contributed by atoms with Gasteiger partial charge in [-0.25, -0.2) is 4.39 Å². The van der Waals surface area contributed by atoms with E-state index >= 15 is 0 Å². The monoisotopic (exact) mass is 331 g/mol. The van der Waals surface area contributed by atoms with Crippen LogP contribution in [0.5, 0.6) is 0 Å². The van der Waals surface area contributed by atoms with E-state index in [-0.39, 0.29) is 12.1 Å². The molecule has 2 rings (SSSR count). The number of nitrogens with zero attached hydrogens (tertiary/aromatic N) is 1. The van der Waals surface area contributed by atoms with Crippen molar-refractivity contribution in [2.45, 2.75) is 6.32 Å². The third-order valence-corrected chi connectivity index (χ3v) is 3.47. The van der Waals surface area contributed by atoms with E-state index in [1.165, 1.54) is 0 Å². The summed E-state index contributed by atoms with van der Waals surface area (Å²) >= 11 is 2.01. The summed E-state index contributed by atoms with van der Waals surface area (Å²) in [5.74, 6) is -0.194. The molecule has 0 spiro atoms. The molecule has 0 saturated carbocycles. The number of hydrogen-bond acceptors (Lipinski definition) is 2. The second-order valence-corrected chi connectivity index (χ2v) is 4.87. The highest BCUT2D eigenvalue weighted by molar-refractivity contribution is 14.1. The van der Waals surface area contributed by atoms with Crippen LogP contribution in [-0.4, -0.2) is 34.1 Å². The van der Waals surface area contributed by atoms with E-state index in [2.05, 4.69) is 4.90 Å². The summed E-state index contributed by atoms with van der Waals surface area (Å²) in [6, 6.07) is 3.70. The highest BCUT2D eigenvalue weighted by atomic mass is 127. The van der Waals surface area contributed by atoms with Gasteiger partial charge in [0.25, 0.3) is 0 Å². The van der Waals surface area contributed by atoms with Gasteiger partial charge in [-0.2, -0.15) is 0 Å². The van der Waals surface area contributed by atoms with Gasteiger partial charge in [0.1, 0.15) is 5.82 Å². The number of benzene rings is 1. The Morgan fingerprint density at radius 2 is 2.06 bits per heavy atom. The van der Waals surface area contributed by atoms with Crippen molar-refractivity contribution in [3.05, 3.63) is 27.1 Å². The van der Waals surface area contributed by atoms with Gasteiger partial charge in [0.05, 0.1) is 24.6 Å². The lowest BCUT2D eigenvalue weighted by Gasteiger charge is -2.29. The van der Waals surface area contributed by atoms with E-state index in [0.29, 0.717) is 9.13 Å². The average molecular weight is 331 g/mol. The van der Waals surface area contributed by atoms with Gasteiger partial charge >= 0.3 is 0 Å². The summed E-state index contributed by atoms with van der Waals surface area (Å²) < 4.78 is 19.5. The van der Waals surface area contributed by atoms with Gasteiger partial charge in [0.15, 0.2) is 0 Å². The van der Waals surface area contributed by atoms with Crippen LogP contribution in [-0.2, 0) is 11.1 Å². The molecule has 0 aliphatic carbocycles. The lowest BCUT2D eigenvalue weighted by molar-refractivity contribution is 0.122. The normalized spacial score (nSPS) is 16.5. The van der Waals surface area contributed by atoms with Crippen molar-refractivity contribution in [3.63, 3.8) is 0 Å². The van der Waals surface area contributed by atoms with Gasteiger partial charge < -0.3 is 9.64 Å². The Morgan fingerprint density at radius 1 is 1.38 bits per heavy atom. The summed E-state index contributed by atoms with van der Waals surface area (Å²) in [7, 11) is 5.53. The van der Waals surface area contributed by atoms with E-state index in [9.17, 15) is 4.39 Å². The molecular formula is C11H12BFINO. The van der Waals surface area contributed by atoms with Crippen LogP contribution >= 0.6 is 22.6 Å². The van der Waals surface area contributed by atoms with E-state index in [0.717, 1.165) is 32.0 Å². The maximum Gasteiger partial charge on any atom is 0.139 e. The fourth-order valence-electron chi connectivity index (χ4n) is 1.78. The van der Waals surface area contributed by atoms with Gasteiger partial charge in [0.2, 0.25) is 0 Å². The first kappa shape index (κ1) is 12.2. The third kappa shape index (κ3) is 2.51. The van der Waals surface area contributed by atoms with Crippen molar-refractivity contribution < 1.29 is 9.13 Å². The predicted octanol–water partition coefficient (Wildman–Crippen LogP) is 1.94. The summed E-state index contributed by atoms with van der Waals surface area (Å²) in [5.41, 5.74) is 1.61. The van der Waals surface area contributed by atoms with Gasteiger partial charge in [0, 0.05) is 18.8 Å². The van der Waals surface area contributed by atoms with Crippen LogP contribution < -0.4 is 4.90 Å². The molecular weight excluding hydrogens is 319 g/mol. The van der Waals surface area contributed by atoms with E-state index in [1.54, 1.807) is 0 Å². The fraction of sp³-hybridized carbons (Fsp3) is 0.455. The topological polar surface area (TPSA) is 12.5 Å². The Kier molecular flexibility index (Phi) is 4.08. The molecule has 1 heterocycles. The zero-order chi connectivity index (χ0) is 11.5. The molecule has 16 heavy (non-hydrogen) atoms. The van der Waals surface area contributed by atoms with Gasteiger partial charge in [-0.05, 0) is 40.3 Å². The summed E-state index contributed by atoms with van der Waals surface area (Å²) in [6.45, 7) is 3.16. The minimum atomic E-state index is -0.194. The molecule has 0 bridgehead atoms. The lowest BCUT2D eigenvalue weighted by atomic mass is 9.96. The lowest BCUT2D eigenvalue weighted by Crippen LogP contribution is -2.36. The number of morpholine rings is 1. The van der Waals surface area contributed by atoms with Crippen LogP contribution in [0.15, 0.2) is 12.1 Å². The van der Waals surface area contributed by atoms with E-state index < -0.39 is 0 Å². The van der Waals surface area contributed by atoms with Gasteiger partial charge in [-0.1, -0.05) is 6.32 Å². The first-order valence-electron chi connectivity index (χ1n) is 5.23. The van der Waals surface area contributed by atoms with Gasteiger partial charge in [-0.15, -0.1) is 0 Å². The molecule has 2 nitrogen and oxygen atoms in total. The number of halogens is 2. The van der Waals surface area contributed by atoms with Crippen molar-refractivity contribution in [2.24, 2.45) is 0 Å². The number of rotatable bonds is 2. The smallest absolute Gasteiger partial charge is 0.139 e. The Hall–Kier alpha value is -0.295. The molecule has 0 aromatic heterocycles. The Balaban J connectivity index is 2.29. The maximum absolute atomic E-state index is 13.6.